The number of aliphatic imine (C=N–C) groups is 1. The molecule has 0 amide bonds. The van der Waals surface area contributed by atoms with Crippen molar-refractivity contribution in [1.29, 1.82) is 0 Å². The van der Waals surface area contributed by atoms with Gasteiger partial charge < -0.3 is 0 Å². The summed E-state index contributed by atoms with van der Waals surface area (Å²) in [5.41, 5.74) is 0. The van der Waals surface area contributed by atoms with Crippen molar-refractivity contribution in [2.75, 3.05) is 0 Å². The third-order valence-electron chi connectivity index (χ3n) is 2.53. The first kappa shape index (κ1) is 9.40. The number of halogens is 1. The van der Waals surface area contributed by atoms with Gasteiger partial charge in [-0.25, -0.2) is 13.4 Å². The van der Waals surface area contributed by atoms with Crippen LogP contribution >= 0.6 is 15.9 Å². The molecule has 0 saturated heterocycles. The summed E-state index contributed by atoms with van der Waals surface area (Å²) < 4.78 is 23.5. The molecule has 2 aliphatic rings. The van der Waals surface area contributed by atoms with Gasteiger partial charge in [0.2, 0.25) is 9.84 Å². The highest BCUT2D eigenvalue weighted by Gasteiger charge is 2.35. The molecule has 1 aliphatic carbocycles. The lowest BCUT2D eigenvalue weighted by molar-refractivity contribution is 0.610. The maximum atomic E-state index is 11.6. The van der Waals surface area contributed by atoms with Gasteiger partial charge in [0.05, 0.1) is 6.20 Å². The molecule has 13 heavy (non-hydrogen) atoms. The maximum absolute atomic E-state index is 11.6. The minimum absolute atomic E-state index is 0.163. The van der Waals surface area contributed by atoms with Crippen molar-refractivity contribution < 1.29 is 8.42 Å². The van der Waals surface area contributed by atoms with Gasteiger partial charge in [0.25, 0.3) is 0 Å². The summed E-state index contributed by atoms with van der Waals surface area (Å²) in [6.45, 7) is 0. The van der Waals surface area contributed by atoms with Gasteiger partial charge in [-0.2, -0.15) is 0 Å². The van der Waals surface area contributed by atoms with Gasteiger partial charge in [-0.05, 0) is 28.8 Å². The van der Waals surface area contributed by atoms with Crippen molar-refractivity contribution in [3.8, 4) is 0 Å². The zero-order chi connectivity index (χ0) is 9.47. The number of hydrogen-bond donors (Lipinski definition) is 0. The van der Waals surface area contributed by atoms with E-state index in [1.807, 2.05) is 0 Å². The van der Waals surface area contributed by atoms with E-state index in [1.54, 1.807) is 0 Å². The van der Waals surface area contributed by atoms with Gasteiger partial charge in [0, 0.05) is 5.92 Å². The molecule has 0 spiro atoms. The summed E-state index contributed by atoms with van der Waals surface area (Å²) in [7, 11) is -3.22. The highest BCUT2D eigenvalue weighted by Crippen LogP contribution is 2.34. The fourth-order valence-corrected chi connectivity index (χ4v) is 3.71. The lowest BCUT2D eigenvalue weighted by atomic mass is 10.1. The summed E-state index contributed by atoms with van der Waals surface area (Å²) in [6.07, 6.45) is 5.56. The van der Waals surface area contributed by atoms with E-state index < -0.39 is 9.84 Å². The van der Waals surface area contributed by atoms with Crippen LogP contribution in [0.3, 0.4) is 0 Å². The molecule has 0 radical (unpaired) electrons. The number of sulfone groups is 1. The van der Waals surface area contributed by atoms with Crippen LogP contribution in [-0.4, -0.2) is 13.5 Å². The Morgan fingerprint density at radius 2 is 2.00 bits per heavy atom. The Kier molecular flexibility index (Phi) is 2.32. The van der Waals surface area contributed by atoms with E-state index in [9.17, 15) is 8.42 Å². The average molecular weight is 264 g/mol. The first-order valence-corrected chi connectivity index (χ1v) is 6.58. The van der Waals surface area contributed by atoms with Gasteiger partial charge in [0.15, 0.2) is 0 Å². The van der Waals surface area contributed by atoms with Gasteiger partial charge in [0.1, 0.15) is 8.86 Å². The quantitative estimate of drug-likeness (QED) is 0.728. The van der Waals surface area contributed by atoms with Crippen LogP contribution < -0.4 is 0 Å². The molecule has 1 fully saturated rings. The van der Waals surface area contributed by atoms with Gasteiger partial charge >= 0.3 is 0 Å². The van der Waals surface area contributed by atoms with Crippen LogP contribution in [0.15, 0.2) is 15.0 Å². The van der Waals surface area contributed by atoms with Crippen molar-refractivity contribution in [2.24, 2.45) is 10.9 Å². The number of rotatable bonds is 1. The minimum atomic E-state index is -3.22. The predicted molar refractivity (Wildman–Crippen MR) is 55.3 cm³/mol. The summed E-state index contributed by atoms with van der Waals surface area (Å²) in [4.78, 5) is 3.97. The second kappa shape index (κ2) is 3.20. The monoisotopic (exact) mass is 263 g/mol. The molecule has 0 aromatic rings. The second-order valence-corrected chi connectivity index (χ2v) is 6.63. The predicted octanol–water partition coefficient (Wildman–Crippen LogP) is 2.20. The smallest absolute Gasteiger partial charge is 0.228 e. The molecule has 72 valence electrons. The third kappa shape index (κ3) is 1.48. The molecule has 1 heterocycles. The van der Waals surface area contributed by atoms with Gasteiger partial charge in [-0.3, -0.25) is 0 Å². The SMILES string of the molecule is O=S1(=O)C(Br)=CN=C1C1CCCC1. The van der Waals surface area contributed by atoms with E-state index in [-0.39, 0.29) is 9.73 Å². The molecule has 1 aliphatic heterocycles. The van der Waals surface area contributed by atoms with Gasteiger partial charge in [-0.1, -0.05) is 12.8 Å². The Balaban J connectivity index is 2.29. The zero-order valence-electron chi connectivity index (χ0n) is 7.03. The highest BCUT2D eigenvalue weighted by molar-refractivity contribution is 9.14. The fraction of sp³-hybridized carbons (Fsp3) is 0.625. The molecule has 1 saturated carbocycles. The Bertz CT molecular complexity index is 377. The normalized spacial score (nSPS) is 27.5. The highest BCUT2D eigenvalue weighted by atomic mass is 79.9. The molecule has 5 heteroatoms. The van der Waals surface area contributed by atoms with Crippen molar-refractivity contribution >= 4 is 30.8 Å². The molecule has 3 nitrogen and oxygen atoms in total. The lowest BCUT2D eigenvalue weighted by Gasteiger charge is -2.07. The fourth-order valence-electron chi connectivity index (χ4n) is 1.85. The van der Waals surface area contributed by atoms with Crippen molar-refractivity contribution in [3.05, 3.63) is 10.0 Å². The molecule has 0 atom stereocenters. The Morgan fingerprint density at radius 1 is 1.38 bits per heavy atom. The van der Waals surface area contributed by atoms with E-state index in [1.165, 1.54) is 6.20 Å². The summed E-state index contributed by atoms with van der Waals surface area (Å²) in [6, 6.07) is 0. The van der Waals surface area contributed by atoms with Crippen LogP contribution in [0.4, 0.5) is 0 Å². The van der Waals surface area contributed by atoms with E-state index in [0.29, 0.717) is 5.04 Å². The zero-order valence-corrected chi connectivity index (χ0v) is 9.44. The topological polar surface area (TPSA) is 46.5 Å². The first-order valence-electron chi connectivity index (χ1n) is 4.31. The molecule has 0 aromatic carbocycles. The second-order valence-electron chi connectivity index (χ2n) is 3.39. The van der Waals surface area contributed by atoms with E-state index in [2.05, 4.69) is 20.9 Å². The van der Waals surface area contributed by atoms with Crippen molar-refractivity contribution in [3.63, 3.8) is 0 Å². The Labute approximate surface area is 86.0 Å². The van der Waals surface area contributed by atoms with Crippen LogP contribution in [0, 0.1) is 5.92 Å². The molecule has 0 N–H and O–H groups in total. The molecular formula is C8H10BrNO2S. The van der Waals surface area contributed by atoms with Crippen LogP contribution in [-0.2, 0) is 9.84 Å². The van der Waals surface area contributed by atoms with E-state index in [0.717, 1.165) is 25.7 Å². The van der Waals surface area contributed by atoms with E-state index >= 15 is 0 Å². The standard InChI is InChI=1S/C8H10BrNO2S/c9-7-5-10-8(13(7,11)12)6-3-1-2-4-6/h5-6H,1-4H2. The van der Waals surface area contributed by atoms with Crippen LogP contribution in [0.2, 0.25) is 0 Å². The summed E-state index contributed by atoms with van der Waals surface area (Å²) >= 11 is 3.01. The Morgan fingerprint density at radius 3 is 2.46 bits per heavy atom. The van der Waals surface area contributed by atoms with E-state index in [4.69, 9.17) is 0 Å². The van der Waals surface area contributed by atoms with Crippen LogP contribution in [0.1, 0.15) is 25.7 Å². The van der Waals surface area contributed by atoms with Crippen LogP contribution in [0.5, 0.6) is 0 Å². The minimum Gasteiger partial charge on any atom is -0.247 e. The van der Waals surface area contributed by atoms with Crippen LogP contribution in [0.25, 0.3) is 0 Å². The van der Waals surface area contributed by atoms with Crippen molar-refractivity contribution in [2.45, 2.75) is 25.7 Å². The molecular weight excluding hydrogens is 254 g/mol. The average Bonchev–Trinajstić information content (AvgIpc) is 2.62. The summed E-state index contributed by atoms with van der Waals surface area (Å²) in [5, 5.41) is 0.372. The van der Waals surface area contributed by atoms with Crippen molar-refractivity contribution in [1.82, 2.24) is 0 Å². The maximum Gasteiger partial charge on any atom is 0.228 e. The molecule has 0 unspecified atom stereocenters. The first-order chi connectivity index (χ1) is 6.12. The summed E-state index contributed by atoms with van der Waals surface area (Å²) in [5.74, 6) is 0.163. The molecule has 0 aromatic heterocycles. The van der Waals surface area contributed by atoms with Gasteiger partial charge in [-0.15, -0.1) is 0 Å². The molecule has 0 bridgehead atoms. The largest absolute Gasteiger partial charge is 0.247 e. The number of nitrogens with zero attached hydrogens (tertiary/aromatic N) is 1. The molecule has 2 rings (SSSR count). The number of hydrogen-bond acceptors (Lipinski definition) is 3. The Hall–Kier alpha value is -0.160. The lowest BCUT2D eigenvalue weighted by Crippen LogP contribution is -2.19. The third-order valence-corrected chi connectivity index (χ3v) is 5.62.